The molecule has 190 valence electrons. The summed E-state index contributed by atoms with van der Waals surface area (Å²) in [7, 11) is 0. The molecule has 0 unspecified atom stereocenters. The van der Waals surface area contributed by atoms with Gasteiger partial charge in [0.2, 0.25) is 0 Å². The van der Waals surface area contributed by atoms with Crippen LogP contribution in [-0.4, -0.2) is 52.3 Å². The van der Waals surface area contributed by atoms with Crippen molar-refractivity contribution in [3.05, 3.63) is 68.8 Å². The van der Waals surface area contributed by atoms with Crippen LogP contribution in [0.5, 0.6) is 0 Å². The number of piperidine rings is 1. The lowest BCUT2D eigenvalue weighted by molar-refractivity contribution is 0.0904. The molecule has 0 radical (unpaired) electrons. The van der Waals surface area contributed by atoms with Crippen molar-refractivity contribution in [1.82, 2.24) is 25.3 Å². The van der Waals surface area contributed by atoms with Crippen molar-refractivity contribution < 1.29 is 9.59 Å². The maximum absolute atomic E-state index is 13.4. The summed E-state index contributed by atoms with van der Waals surface area (Å²) in [4.78, 5) is 27.6. The fourth-order valence-corrected chi connectivity index (χ4v) is 4.98. The topological polar surface area (TPSA) is 79.3 Å². The highest BCUT2D eigenvalue weighted by Gasteiger charge is 2.28. The van der Waals surface area contributed by atoms with Gasteiger partial charge >= 0.3 is 6.03 Å². The van der Waals surface area contributed by atoms with Gasteiger partial charge in [0.15, 0.2) is 5.69 Å². The number of carbonyl (C=O) groups is 2. The minimum atomic E-state index is -0.299. The van der Waals surface area contributed by atoms with Crippen LogP contribution < -0.4 is 10.6 Å². The maximum Gasteiger partial charge on any atom is 0.317 e. The lowest BCUT2D eigenvalue weighted by Crippen LogP contribution is -2.52. The summed E-state index contributed by atoms with van der Waals surface area (Å²) < 4.78 is 1.66. The number of hydrogen-bond acceptors (Lipinski definition) is 3. The number of benzene rings is 2. The molecule has 0 bridgehead atoms. The van der Waals surface area contributed by atoms with Gasteiger partial charge in [0.05, 0.1) is 16.4 Å². The van der Waals surface area contributed by atoms with Gasteiger partial charge in [-0.05, 0) is 56.5 Å². The molecule has 1 saturated heterocycles. The molecule has 36 heavy (non-hydrogen) atoms. The Labute approximate surface area is 225 Å². The van der Waals surface area contributed by atoms with E-state index in [2.05, 4.69) is 15.7 Å². The van der Waals surface area contributed by atoms with Crippen LogP contribution in [0.2, 0.25) is 15.1 Å². The molecule has 0 saturated carbocycles. The van der Waals surface area contributed by atoms with E-state index in [4.69, 9.17) is 34.8 Å². The van der Waals surface area contributed by atoms with Crippen molar-refractivity contribution in [3.8, 4) is 16.9 Å². The minimum absolute atomic E-state index is 0.0985. The van der Waals surface area contributed by atoms with E-state index in [0.717, 1.165) is 30.5 Å². The van der Waals surface area contributed by atoms with Crippen LogP contribution >= 0.6 is 34.8 Å². The number of hydrogen-bond donors (Lipinski definition) is 2. The van der Waals surface area contributed by atoms with Crippen molar-refractivity contribution >= 4 is 46.7 Å². The zero-order valence-corrected chi connectivity index (χ0v) is 22.4. The second kappa shape index (κ2) is 11.5. The van der Waals surface area contributed by atoms with E-state index in [1.54, 1.807) is 39.9 Å². The molecule has 4 rings (SSSR count). The van der Waals surface area contributed by atoms with Gasteiger partial charge in [-0.2, -0.15) is 5.10 Å². The average Bonchev–Trinajstić information content (AvgIpc) is 3.20. The third-order valence-corrected chi connectivity index (χ3v) is 6.95. The second-order valence-electron chi connectivity index (χ2n) is 8.83. The van der Waals surface area contributed by atoms with E-state index in [1.807, 2.05) is 26.0 Å². The highest BCUT2D eigenvalue weighted by molar-refractivity contribution is 6.35. The van der Waals surface area contributed by atoms with E-state index >= 15 is 0 Å². The lowest BCUT2D eigenvalue weighted by Gasteiger charge is -2.33. The molecule has 10 heteroatoms. The van der Waals surface area contributed by atoms with E-state index in [1.165, 1.54) is 0 Å². The fourth-order valence-electron chi connectivity index (χ4n) is 4.36. The van der Waals surface area contributed by atoms with Crippen LogP contribution in [-0.2, 0) is 0 Å². The first kappa shape index (κ1) is 26.3. The zero-order chi connectivity index (χ0) is 25.8. The van der Waals surface area contributed by atoms with Crippen LogP contribution in [0.1, 0.15) is 42.2 Å². The van der Waals surface area contributed by atoms with Gasteiger partial charge in [0.25, 0.3) is 5.91 Å². The molecule has 3 aromatic rings. The van der Waals surface area contributed by atoms with Crippen molar-refractivity contribution in [3.63, 3.8) is 0 Å². The predicted octanol–water partition coefficient (Wildman–Crippen LogP) is 6.12. The summed E-state index contributed by atoms with van der Waals surface area (Å²) in [5.41, 5.74) is 3.16. The zero-order valence-electron chi connectivity index (χ0n) is 20.2. The van der Waals surface area contributed by atoms with Crippen molar-refractivity contribution in [1.29, 1.82) is 0 Å². The maximum atomic E-state index is 13.4. The average molecular weight is 549 g/mol. The van der Waals surface area contributed by atoms with Crippen LogP contribution in [0.25, 0.3) is 16.9 Å². The Morgan fingerprint density at radius 3 is 2.50 bits per heavy atom. The van der Waals surface area contributed by atoms with E-state index in [9.17, 15) is 9.59 Å². The van der Waals surface area contributed by atoms with Gasteiger partial charge in [0, 0.05) is 46.8 Å². The Morgan fingerprint density at radius 1 is 1.08 bits per heavy atom. The summed E-state index contributed by atoms with van der Waals surface area (Å²) in [6, 6.07) is 12.2. The predicted molar refractivity (Wildman–Crippen MR) is 145 cm³/mol. The fraction of sp³-hybridized carbons (Fsp3) is 0.346. The van der Waals surface area contributed by atoms with E-state index in [0.29, 0.717) is 51.6 Å². The number of halogens is 3. The number of nitrogens with one attached hydrogen (secondary N) is 2. The molecule has 1 aliphatic rings. The minimum Gasteiger partial charge on any atom is -0.346 e. The second-order valence-corrected chi connectivity index (χ2v) is 10.1. The first-order chi connectivity index (χ1) is 17.3. The van der Waals surface area contributed by atoms with Crippen molar-refractivity contribution in [2.24, 2.45) is 0 Å². The molecular weight excluding hydrogens is 521 g/mol. The normalized spacial score (nSPS) is 15.6. The van der Waals surface area contributed by atoms with Crippen LogP contribution in [0.4, 0.5) is 4.79 Å². The summed E-state index contributed by atoms with van der Waals surface area (Å²) in [6.07, 6.45) is 2.47. The van der Waals surface area contributed by atoms with Gasteiger partial charge in [0.1, 0.15) is 0 Å². The Kier molecular flexibility index (Phi) is 8.44. The Bertz CT molecular complexity index is 1260. The molecule has 1 aromatic heterocycles. The van der Waals surface area contributed by atoms with Gasteiger partial charge < -0.3 is 15.5 Å². The molecule has 0 aliphatic carbocycles. The summed E-state index contributed by atoms with van der Waals surface area (Å²) in [5.74, 6) is -0.299. The molecule has 2 N–H and O–H groups in total. The van der Waals surface area contributed by atoms with Crippen molar-refractivity contribution in [2.75, 3.05) is 19.6 Å². The molecule has 1 aliphatic heterocycles. The van der Waals surface area contributed by atoms with Crippen LogP contribution in [0.15, 0.2) is 42.5 Å². The number of amides is 3. The standard InChI is InChI=1S/C26H28Cl3N5O2/c1-3-12-30-26(36)33-13-4-5-20(15-33)31-25(35)23-16(2)24(17-6-8-18(27)9-7-17)34(32-23)22-11-10-19(28)14-21(22)29/h6-11,14,20H,3-5,12-13,15H2,1-2H3,(H,30,36)(H,31,35)/t20-/m1/s1. The first-order valence-corrected chi connectivity index (χ1v) is 13.1. The largest absolute Gasteiger partial charge is 0.346 e. The Morgan fingerprint density at radius 2 is 1.81 bits per heavy atom. The molecule has 0 spiro atoms. The van der Waals surface area contributed by atoms with Crippen LogP contribution in [0.3, 0.4) is 0 Å². The Hall–Kier alpha value is -2.74. The number of likely N-dealkylation sites (tertiary alicyclic amines) is 1. The first-order valence-electron chi connectivity index (χ1n) is 11.9. The van der Waals surface area contributed by atoms with E-state index < -0.39 is 0 Å². The molecule has 1 fully saturated rings. The molecule has 7 nitrogen and oxygen atoms in total. The van der Waals surface area contributed by atoms with Gasteiger partial charge in [-0.25, -0.2) is 9.48 Å². The SMILES string of the molecule is CCCNC(=O)N1CCC[C@@H](NC(=O)c2nn(-c3ccc(Cl)cc3Cl)c(-c3ccc(Cl)cc3)c2C)C1. The molecule has 2 aromatic carbocycles. The quantitative estimate of drug-likeness (QED) is 0.389. The van der Waals surface area contributed by atoms with Gasteiger partial charge in [-0.15, -0.1) is 0 Å². The number of nitrogens with zero attached hydrogens (tertiary/aromatic N) is 3. The number of carbonyl (C=O) groups excluding carboxylic acids is 2. The van der Waals surface area contributed by atoms with Crippen molar-refractivity contribution in [2.45, 2.75) is 39.2 Å². The molecule has 2 heterocycles. The molecular formula is C26H28Cl3N5O2. The smallest absolute Gasteiger partial charge is 0.317 e. The van der Waals surface area contributed by atoms with Gasteiger partial charge in [-0.1, -0.05) is 53.9 Å². The van der Waals surface area contributed by atoms with Crippen LogP contribution in [0, 0.1) is 6.92 Å². The number of rotatable bonds is 6. The number of urea groups is 1. The lowest BCUT2D eigenvalue weighted by atomic mass is 10.0. The highest BCUT2D eigenvalue weighted by Crippen LogP contribution is 2.33. The monoisotopic (exact) mass is 547 g/mol. The highest BCUT2D eigenvalue weighted by atomic mass is 35.5. The third-order valence-electron chi connectivity index (χ3n) is 6.16. The van der Waals surface area contributed by atoms with Gasteiger partial charge in [-0.3, -0.25) is 4.79 Å². The summed E-state index contributed by atoms with van der Waals surface area (Å²) in [6.45, 7) is 5.62. The molecule has 1 atom stereocenters. The summed E-state index contributed by atoms with van der Waals surface area (Å²) >= 11 is 18.7. The third kappa shape index (κ3) is 5.80. The summed E-state index contributed by atoms with van der Waals surface area (Å²) in [5, 5.41) is 12.2. The Balaban J connectivity index is 1.65. The number of aromatic nitrogens is 2. The van der Waals surface area contributed by atoms with E-state index in [-0.39, 0.29) is 18.0 Å². The molecule has 3 amide bonds.